The summed E-state index contributed by atoms with van der Waals surface area (Å²) in [6.45, 7) is 3.17. The molecule has 0 unspecified atom stereocenters. The first kappa shape index (κ1) is 13.3. The number of ether oxygens (including phenoxy) is 1. The van der Waals surface area contributed by atoms with Crippen LogP contribution >= 0.6 is 11.8 Å². The quantitative estimate of drug-likeness (QED) is 0.502. The Kier molecular flexibility index (Phi) is 12.6. The molecule has 0 aromatic heterocycles. The van der Waals surface area contributed by atoms with E-state index in [4.69, 9.17) is 4.74 Å². The molecule has 0 aliphatic heterocycles. The third-order valence-corrected chi connectivity index (χ3v) is 3.11. The molecule has 1 nitrogen and oxygen atoms in total. The first-order valence-corrected chi connectivity index (χ1v) is 6.64. The highest BCUT2D eigenvalue weighted by atomic mass is 32.2. The van der Waals surface area contributed by atoms with E-state index in [1.165, 1.54) is 44.3 Å². The summed E-state index contributed by atoms with van der Waals surface area (Å²) in [6.07, 6.45) is 8.43. The monoisotopic (exact) mass is 204 g/mol. The molecule has 0 aromatic carbocycles. The molecular weight excluding hydrogens is 180 g/mol. The Balaban J connectivity index is 2.76. The second kappa shape index (κ2) is 12.3. The van der Waals surface area contributed by atoms with Crippen molar-refractivity contribution in [3.63, 3.8) is 0 Å². The standard InChI is InChI=1S/C11H24OS/c1-3-4-5-6-7-8-10-13-11-9-12-2/h3-11H2,1-2H3. The maximum absolute atomic E-state index is 4.98. The normalized spacial score (nSPS) is 10.6. The van der Waals surface area contributed by atoms with Gasteiger partial charge in [0.2, 0.25) is 0 Å². The average molecular weight is 204 g/mol. The van der Waals surface area contributed by atoms with Gasteiger partial charge < -0.3 is 4.74 Å². The van der Waals surface area contributed by atoms with Crippen LogP contribution in [0.25, 0.3) is 0 Å². The van der Waals surface area contributed by atoms with E-state index < -0.39 is 0 Å². The van der Waals surface area contributed by atoms with Crippen LogP contribution in [-0.4, -0.2) is 25.2 Å². The summed E-state index contributed by atoms with van der Waals surface area (Å²) in [5, 5.41) is 0. The highest BCUT2D eigenvalue weighted by molar-refractivity contribution is 7.99. The Morgan fingerprint density at radius 2 is 1.62 bits per heavy atom. The second-order valence-corrected chi connectivity index (χ2v) is 4.60. The third-order valence-electron chi connectivity index (χ3n) is 2.07. The van der Waals surface area contributed by atoms with Gasteiger partial charge in [-0.3, -0.25) is 0 Å². The van der Waals surface area contributed by atoms with Gasteiger partial charge in [0.25, 0.3) is 0 Å². The van der Waals surface area contributed by atoms with Gasteiger partial charge in [0.05, 0.1) is 6.61 Å². The largest absolute Gasteiger partial charge is 0.384 e. The van der Waals surface area contributed by atoms with Crippen LogP contribution in [0, 0.1) is 0 Å². The minimum atomic E-state index is 0.903. The molecule has 2 heteroatoms. The molecular formula is C11H24OS. The van der Waals surface area contributed by atoms with Crippen molar-refractivity contribution >= 4 is 11.8 Å². The molecule has 0 bridgehead atoms. The van der Waals surface area contributed by atoms with E-state index in [2.05, 4.69) is 6.92 Å². The summed E-state index contributed by atoms with van der Waals surface area (Å²) >= 11 is 2.02. The van der Waals surface area contributed by atoms with E-state index in [1.807, 2.05) is 11.8 Å². The van der Waals surface area contributed by atoms with Crippen LogP contribution in [0.15, 0.2) is 0 Å². The molecule has 0 aliphatic carbocycles. The van der Waals surface area contributed by atoms with E-state index in [0.717, 1.165) is 12.4 Å². The number of rotatable bonds is 10. The first-order chi connectivity index (χ1) is 6.41. The molecule has 0 heterocycles. The van der Waals surface area contributed by atoms with Crippen LogP contribution in [0.2, 0.25) is 0 Å². The van der Waals surface area contributed by atoms with Crippen molar-refractivity contribution < 1.29 is 4.74 Å². The summed E-state index contributed by atoms with van der Waals surface area (Å²) in [4.78, 5) is 0. The Morgan fingerprint density at radius 3 is 2.31 bits per heavy atom. The number of unbranched alkanes of at least 4 members (excludes halogenated alkanes) is 5. The van der Waals surface area contributed by atoms with E-state index in [-0.39, 0.29) is 0 Å². The smallest absolute Gasteiger partial charge is 0.0552 e. The van der Waals surface area contributed by atoms with Crippen molar-refractivity contribution in [2.75, 3.05) is 25.2 Å². The molecule has 0 saturated heterocycles. The van der Waals surface area contributed by atoms with Crippen molar-refractivity contribution in [2.24, 2.45) is 0 Å². The number of hydrogen-bond donors (Lipinski definition) is 0. The maximum Gasteiger partial charge on any atom is 0.0552 e. The summed E-state index contributed by atoms with van der Waals surface area (Å²) in [6, 6.07) is 0. The van der Waals surface area contributed by atoms with Crippen LogP contribution in [0.4, 0.5) is 0 Å². The molecule has 0 aromatic rings. The number of methoxy groups -OCH3 is 1. The Labute approximate surface area is 87.6 Å². The Bertz CT molecular complexity index is 76.2. The molecule has 0 N–H and O–H groups in total. The molecule has 13 heavy (non-hydrogen) atoms. The van der Waals surface area contributed by atoms with Crippen LogP contribution in [0.3, 0.4) is 0 Å². The zero-order chi connectivity index (χ0) is 9.78. The lowest BCUT2D eigenvalue weighted by atomic mass is 10.1. The first-order valence-electron chi connectivity index (χ1n) is 5.48. The van der Waals surface area contributed by atoms with Gasteiger partial charge in [0, 0.05) is 12.9 Å². The highest BCUT2D eigenvalue weighted by Crippen LogP contribution is 2.09. The topological polar surface area (TPSA) is 9.23 Å². The van der Waals surface area contributed by atoms with Gasteiger partial charge in [-0.15, -0.1) is 0 Å². The van der Waals surface area contributed by atoms with Gasteiger partial charge in [0.15, 0.2) is 0 Å². The van der Waals surface area contributed by atoms with E-state index >= 15 is 0 Å². The highest BCUT2D eigenvalue weighted by Gasteiger charge is 1.91. The Morgan fingerprint density at radius 1 is 0.923 bits per heavy atom. The van der Waals surface area contributed by atoms with Crippen LogP contribution in [0.5, 0.6) is 0 Å². The van der Waals surface area contributed by atoms with Crippen molar-refractivity contribution in [2.45, 2.75) is 45.4 Å². The molecule has 80 valence electrons. The summed E-state index contributed by atoms with van der Waals surface area (Å²) in [5.41, 5.74) is 0. The van der Waals surface area contributed by atoms with Crippen molar-refractivity contribution in [3.05, 3.63) is 0 Å². The molecule has 0 saturated carbocycles. The fourth-order valence-electron chi connectivity index (χ4n) is 1.23. The SMILES string of the molecule is CCCCCCCCSCCOC. The van der Waals surface area contributed by atoms with Gasteiger partial charge >= 0.3 is 0 Å². The zero-order valence-electron chi connectivity index (χ0n) is 9.18. The molecule has 0 fully saturated rings. The van der Waals surface area contributed by atoms with Crippen molar-refractivity contribution in [3.8, 4) is 0 Å². The van der Waals surface area contributed by atoms with Crippen molar-refractivity contribution in [1.29, 1.82) is 0 Å². The number of hydrogen-bond acceptors (Lipinski definition) is 2. The van der Waals surface area contributed by atoms with Gasteiger partial charge in [-0.25, -0.2) is 0 Å². The second-order valence-electron chi connectivity index (χ2n) is 3.37. The molecule has 0 amide bonds. The molecule has 0 radical (unpaired) electrons. The van der Waals surface area contributed by atoms with Crippen LogP contribution < -0.4 is 0 Å². The molecule has 0 rings (SSSR count). The van der Waals surface area contributed by atoms with Gasteiger partial charge in [0.1, 0.15) is 0 Å². The van der Waals surface area contributed by atoms with E-state index in [1.54, 1.807) is 7.11 Å². The molecule has 0 aliphatic rings. The summed E-state index contributed by atoms with van der Waals surface area (Å²) < 4.78 is 4.98. The predicted octanol–water partition coefficient (Wildman–Crippen LogP) is 3.73. The third kappa shape index (κ3) is 12.3. The molecule has 0 spiro atoms. The lowest BCUT2D eigenvalue weighted by molar-refractivity contribution is 0.218. The predicted molar refractivity (Wildman–Crippen MR) is 62.6 cm³/mol. The summed E-state index contributed by atoms with van der Waals surface area (Å²) in [5.74, 6) is 2.47. The Hall–Kier alpha value is 0.310. The lowest BCUT2D eigenvalue weighted by Gasteiger charge is -2.01. The van der Waals surface area contributed by atoms with Gasteiger partial charge in [-0.05, 0) is 12.2 Å². The minimum Gasteiger partial charge on any atom is -0.384 e. The summed E-state index contributed by atoms with van der Waals surface area (Å²) in [7, 11) is 1.77. The van der Waals surface area contributed by atoms with Gasteiger partial charge in [-0.2, -0.15) is 11.8 Å². The fraction of sp³-hybridized carbons (Fsp3) is 1.00. The average Bonchev–Trinajstić information content (AvgIpc) is 2.16. The zero-order valence-corrected chi connectivity index (χ0v) is 10.00. The lowest BCUT2D eigenvalue weighted by Crippen LogP contribution is -1.92. The van der Waals surface area contributed by atoms with Crippen LogP contribution in [-0.2, 0) is 4.74 Å². The van der Waals surface area contributed by atoms with Crippen molar-refractivity contribution in [1.82, 2.24) is 0 Å². The van der Waals surface area contributed by atoms with Crippen LogP contribution in [0.1, 0.15) is 45.4 Å². The maximum atomic E-state index is 4.98. The van der Waals surface area contributed by atoms with Gasteiger partial charge in [-0.1, -0.05) is 39.0 Å². The number of thioether (sulfide) groups is 1. The van der Waals surface area contributed by atoms with E-state index in [0.29, 0.717) is 0 Å². The minimum absolute atomic E-state index is 0.903. The van der Waals surface area contributed by atoms with E-state index in [9.17, 15) is 0 Å². The fourth-order valence-corrected chi connectivity index (χ4v) is 2.13. The molecule has 0 atom stereocenters.